The molecule has 0 spiro atoms. The number of alkyl halides is 3. The Bertz CT molecular complexity index is 1740. The molecule has 0 radical (unpaired) electrons. The Morgan fingerprint density at radius 1 is 1.15 bits per heavy atom. The first-order valence-corrected chi connectivity index (χ1v) is 12.0. The van der Waals surface area contributed by atoms with Gasteiger partial charge >= 0.3 is 6.18 Å². The first-order valence-electron chi connectivity index (χ1n) is 12.0. The first kappa shape index (κ1) is 25.7. The highest BCUT2D eigenvalue weighted by Gasteiger charge is 2.31. The van der Waals surface area contributed by atoms with Gasteiger partial charge in [0.1, 0.15) is 0 Å². The number of rotatable bonds is 6. The molecule has 0 aliphatic heterocycles. The Balaban J connectivity index is 1.79. The Morgan fingerprint density at radius 2 is 1.90 bits per heavy atom. The van der Waals surface area contributed by atoms with Gasteiger partial charge in [-0.15, -0.1) is 0 Å². The van der Waals surface area contributed by atoms with E-state index in [1.54, 1.807) is 67.3 Å². The summed E-state index contributed by atoms with van der Waals surface area (Å²) in [5.74, 6) is -1.16. The topological polar surface area (TPSA) is 115 Å². The molecule has 1 amide bonds. The van der Waals surface area contributed by atoms with Crippen LogP contribution in [0.5, 0.6) is 0 Å². The summed E-state index contributed by atoms with van der Waals surface area (Å²) in [7, 11) is 0. The van der Waals surface area contributed by atoms with Gasteiger partial charge in [0.15, 0.2) is 11.5 Å². The van der Waals surface area contributed by atoms with Crippen molar-refractivity contribution in [2.24, 2.45) is 5.73 Å². The molecule has 2 aromatic carbocycles. The van der Waals surface area contributed by atoms with Crippen LogP contribution in [0, 0.1) is 18.3 Å². The minimum atomic E-state index is -4.54. The van der Waals surface area contributed by atoms with Crippen molar-refractivity contribution in [2.45, 2.75) is 32.4 Å². The maximum atomic E-state index is 13.6. The highest BCUT2D eigenvalue weighted by atomic mass is 19.4. The number of nitrogens with two attached hydrogens (primary N) is 1. The number of carbonyl (C=O) groups is 1. The van der Waals surface area contributed by atoms with Gasteiger partial charge < -0.3 is 5.73 Å². The van der Waals surface area contributed by atoms with Crippen molar-refractivity contribution in [1.29, 1.82) is 5.26 Å². The zero-order valence-corrected chi connectivity index (χ0v) is 20.9. The maximum absolute atomic E-state index is 13.6. The van der Waals surface area contributed by atoms with Crippen LogP contribution in [0.15, 0.2) is 67.0 Å². The third-order valence-corrected chi connectivity index (χ3v) is 6.60. The summed E-state index contributed by atoms with van der Waals surface area (Å²) in [4.78, 5) is 16.6. The molecule has 1 unspecified atom stereocenters. The molecule has 2 N–H and O–H groups in total. The standard InChI is InChI=1S/C28H22F3N7O/c1-3-21(25(33)39)26-35-27-24(18-5-4-6-19(13-18)28(29,30)31)16(2)22(15-37(27)36-26)23-11-12-34-38(23)20-9-7-17(14-32)8-10-20/h4-13,15,21H,3H2,1-2H3,(H2,33,39). The molecule has 0 saturated heterocycles. The number of nitriles is 1. The largest absolute Gasteiger partial charge is 0.416 e. The van der Waals surface area contributed by atoms with Crippen molar-refractivity contribution < 1.29 is 18.0 Å². The summed E-state index contributed by atoms with van der Waals surface area (Å²) in [6, 6.07) is 15.7. The fourth-order valence-electron chi connectivity index (χ4n) is 4.63. The highest BCUT2D eigenvalue weighted by Crippen LogP contribution is 2.38. The molecule has 0 aliphatic carbocycles. The number of aromatic nitrogens is 5. The minimum absolute atomic E-state index is 0.190. The average Bonchev–Trinajstić information content (AvgIpc) is 3.55. The minimum Gasteiger partial charge on any atom is -0.369 e. The lowest BCUT2D eigenvalue weighted by Crippen LogP contribution is -2.21. The van der Waals surface area contributed by atoms with Crippen LogP contribution in [0.4, 0.5) is 13.2 Å². The van der Waals surface area contributed by atoms with Crippen molar-refractivity contribution in [1.82, 2.24) is 24.4 Å². The molecule has 5 rings (SSSR count). The summed E-state index contributed by atoms with van der Waals surface area (Å²) in [6.07, 6.45) is -0.857. The molecule has 0 saturated carbocycles. The van der Waals surface area contributed by atoms with Crippen LogP contribution in [0.2, 0.25) is 0 Å². The SMILES string of the molecule is CCC(C(N)=O)c1nc2c(-c3cccc(C(F)(F)F)c3)c(C)c(-c3ccnn3-c3ccc(C#N)cc3)cn2n1. The third-order valence-electron chi connectivity index (χ3n) is 6.60. The lowest BCUT2D eigenvalue weighted by molar-refractivity contribution is -0.137. The van der Waals surface area contributed by atoms with E-state index >= 15 is 0 Å². The molecule has 3 aromatic heterocycles. The van der Waals surface area contributed by atoms with Crippen molar-refractivity contribution in [3.05, 3.63) is 89.5 Å². The van der Waals surface area contributed by atoms with Crippen LogP contribution in [0.3, 0.4) is 0 Å². The number of benzene rings is 2. The van der Waals surface area contributed by atoms with Gasteiger partial charge in [-0.05, 0) is 66.9 Å². The summed E-state index contributed by atoms with van der Waals surface area (Å²) < 4.78 is 44.0. The van der Waals surface area contributed by atoms with Gasteiger partial charge in [0.2, 0.25) is 5.91 Å². The number of hydrogen-bond acceptors (Lipinski definition) is 5. The molecular weight excluding hydrogens is 507 g/mol. The maximum Gasteiger partial charge on any atom is 0.416 e. The molecular formula is C28H22F3N7O. The van der Waals surface area contributed by atoms with E-state index in [0.717, 1.165) is 12.1 Å². The number of hydrogen-bond donors (Lipinski definition) is 1. The van der Waals surface area contributed by atoms with E-state index in [1.807, 2.05) is 0 Å². The van der Waals surface area contributed by atoms with E-state index in [1.165, 1.54) is 10.6 Å². The summed E-state index contributed by atoms with van der Waals surface area (Å²) in [6.45, 7) is 3.57. The van der Waals surface area contributed by atoms with Crippen LogP contribution in [0.1, 0.15) is 41.8 Å². The van der Waals surface area contributed by atoms with Crippen molar-refractivity contribution in [3.63, 3.8) is 0 Å². The number of fused-ring (bicyclic) bond motifs is 1. The van der Waals surface area contributed by atoms with E-state index in [4.69, 9.17) is 11.0 Å². The van der Waals surface area contributed by atoms with Crippen molar-refractivity contribution in [2.75, 3.05) is 0 Å². The van der Waals surface area contributed by atoms with Gasteiger partial charge in [-0.3, -0.25) is 4.79 Å². The molecule has 196 valence electrons. The third kappa shape index (κ3) is 4.61. The molecule has 0 aliphatic rings. The fourth-order valence-corrected chi connectivity index (χ4v) is 4.63. The molecule has 11 heteroatoms. The predicted molar refractivity (Wildman–Crippen MR) is 138 cm³/mol. The van der Waals surface area contributed by atoms with Gasteiger partial charge in [-0.1, -0.05) is 19.1 Å². The monoisotopic (exact) mass is 529 g/mol. The second kappa shape index (κ2) is 9.72. The number of carbonyl (C=O) groups excluding carboxylic acids is 1. The van der Waals surface area contributed by atoms with E-state index in [0.29, 0.717) is 51.3 Å². The van der Waals surface area contributed by atoms with E-state index in [-0.39, 0.29) is 5.82 Å². The van der Waals surface area contributed by atoms with Crippen LogP contribution >= 0.6 is 0 Å². The Hall–Kier alpha value is -4.98. The quantitative estimate of drug-likeness (QED) is 0.315. The number of primary amides is 1. The van der Waals surface area contributed by atoms with Gasteiger partial charge in [0.25, 0.3) is 0 Å². The summed E-state index contributed by atoms with van der Waals surface area (Å²) in [5, 5.41) is 18.1. The number of pyridine rings is 1. The number of nitrogens with zero attached hydrogens (tertiary/aromatic N) is 6. The first-order chi connectivity index (χ1) is 18.6. The molecule has 3 heterocycles. The Morgan fingerprint density at radius 3 is 2.54 bits per heavy atom. The zero-order chi connectivity index (χ0) is 27.9. The predicted octanol–water partition coefficient (Wildman–Crippen LogP) is 5.43. The zero-order valence-electron chi connectivity index (χ0n) is 20.9. The van der Waals surface area contributed by atoms with Crippen LogP contribution in [-0.2, 0) is 11.0 Å². The molecule has 0 bridgehead atoms. The highest BCUT2D eigenvalue weighted by molar-refractivity contribution is 5.87. The van der Waals surface area contributed by atoms with Gasteiger partial charge in [-0.2, -0.15) is 28.6 Å². The Labute approximate surface area is 221 Å². The van der Waals surface area contributed by atoms with Crippen molar-refractivity contribution in [3.8, 4) is 34.1 Å². The molecule has 8 nitrogen and oxygen atoms in total. The second-order valence-corrected chi connectivity index (χ2v) is 9.01. The smallest absolute Gasteiger partial charge is 0.369 e. The van der Waals surface area contributed by atoms with E-state index in [9.17, 15) is 18.0 Å². The van der Waals surface area contributed by atoms with Gasteiger partial charge in [-0.25, -0.2) is 14.2 Å². The molecule has 0 fully saturated rings. The second-order valence-electron chi connectivity index (χ2n) is 9.01. The van der Waals surface area contributed by atoms with E-state index < -0.39 is 23.6 Å². The van der Waals surface area contributed by atoms with Crippen LogP contribution in [-0.4, -0.2) is 30.3 Å². The number of halogens is 3. The molecule has 5 aromatic rings. The normalized spacial score (nSPS) is 12.4. The van der Waals surface area contributed by atoms with E-state index in [2.05, 4.69) is 21.3 Å². The fraction of sp³-hybridized carbons (Fsp3) is 0.179. The van der Waals surface area contributed by atoms with Gasteiger partial charge in [0, 0.05) is 17.3 Å². The van der Waals surface area contributed by atoms with Gasteiger partial charge in [0.05, 0.1) is 40.7 Å². The lowest BCUT2D eigenvalue weighted by atomic mass is 9.95. The Kier molecular flexibility index (Phi) is 6.39. The summed E-state index contributed by atoms with van der Waals surface area (Å²) in [5.41, 5.74) is 8.92. The average molecular weight is 530 g/mol. The van der Waals surface area contributed by atoms with Crippen LogP contribution < -0.4 is 5.73 Å². The van der Waals surface area contributed by atoms with Crippen molar-refractivity contribution >= 4 is 11.6 Å². The lowest BCUT2D eigenvalue weighted by Gasteiger charge is -2.16. The summed E-state index contributed by atoms with van der Waals surface area (Å²) >= 11 is 0. The molecule has 39 heavy (non-hydrogen) atoms. The number of amides is 1. The molecule has 1 atom stereocenters. The van der Waals surface area contributed by atoms with Crippen LogP contribution in [0.25, 0.3) is 33.7 Å².